The van der Waals surface area contributed by atoms with Gasteiger partial charge in [0.15, 0.2) is 0 Å². The summed E-state index contributed by atoms with van der Waals surface area (Å²) in [6.07, 6.45) is 3.51. The molecule has 0 amide bonds. The zero-order chi connectivity index (χ0) is 11.3. The minimum atomic E-state index is -0.572. The number of ether oxygens (including phenoxy) is 2. The average molecular weight is 208 g/mol. The van der Waals surface area contributed by atoms with Gasteiger partial charge in [-0.3, -0.25) is 0 Å². The van der Waals surface area contributed by atoms with Crippen LogP contribution in [0.3, 0.4) is 0 Å². The van der Waals surface area contributed by atoms with E-state index in [0.29, 0.717) is 5.56 Å². The van der Waals surface area contributed by atoms with Gasteiger partial charge in [-0.15, -0.1) is 0 Å². The van der Waals surface area contributed by atoms with Gasteiger partial charge >= 0.3 is 5.97 Å². The Balaban J connectivity index is 2.80. The van der Waals surface area contributed by atoms with Gasteiger partial charge in [0.25, 0.3) is 5.95 Å². The SMILES string of the molecule is C=COC(C)c1ccoc1OC(=O)C=C. The molecular weight excluding hydrogens is 196 g/mol. The summed E-state index contributed by atoms with van der Waals surface area (Å²) < 4.78 is 15.0. The number of carbonyl (C=O) groups excluding carboxylic acids is 1. The summed E-state index contributed by atoms with van der Waals surface area (Å²) in [6, 6.07) is 1.67. The van der Waals surface area contributed by atoms with Crippen molar-refractivity contribution in [1.29, 1.82) is 0 Å². The van der Waals surface area contributed by atoms with Crippen molar-refractivity contribution in [3.05, 3.63) is 43.4 Å². The number of carbonyl (C=O) groups is 1. The van der Waals surface area contributed by atoms with Crippen molar-refractivity contribution in [1.82, 2.24) is 0 Å². The van der Waals surface area contributed by atoms with Crippen LogP contribution in [0.1, 0.15) is 18.6 Å². The lowest BCUT2D eigenvalue weighted by Gasteiger charge is -2.09. The van der Waals surface area contributed by atoms with Crippen LogP contribution in [0.5, 0.6) is 5.95 Å². The summed E-state index contributed by atoms with van der Waals surface area (Å²) in [5, 5.41) is 0. The van der Waals surface area contributed by atoms with Crippen LogP contribution in [0, 0.1) is 0 Å². The van der Waals surface area contributed by atoms with E-state index >= 15 is 0 Å². The average Bonchev–Trinajstić information content (AvgIpc) is 2.66. The maximum atomic E-state index is 11.0. The molecule has 0 bridgehead atoms. The molecule has 80 valence electrons. The van der Waals surface area contributed by atoms with E-state index in [1.807, 2.05) is 0 Å². The Kier molecular flexibility index (Phi) is 3.74. The fraction of sp³-hybridized carbons (Fsp3) is 0.182. The summed E-state index contributed by atoms with van der Waals surface area (Å²) in [7, 11) is 0. The van der Waals surface area contributed by atoms with Gasteiger partial charge in [0.05, 0.1) is 18.1 Å². The van der Waals surface area contributed by atoms with Crippen molar-refractivity contribution in [2.75, 3.05) is 0 Å². The van der Waals surface area contributed by atoms with Crippen LogP contribution in [-0.4, -0.2) is 5.97 Å². The molecule has 0 saturated heterocycles. The van der Waals surface area contributed by atoms with Gasteiger partial charge in [-0.05, 0) is 13.0 Å². The van der Waals surface area contributed by atoms with Crippen LogP contribution in [0.2, 0.25) is 0 Å². The first-order valence-corrected chi connectivity index (χ1v) is 4.37. The van der Waals surface area contributed by atoms with Gasteiger partial charge in [0.2, 0.25) is 0 Å². The zero-order valence-corrected chi connectivity index (χ0v) is 8.43. The highest BCUT2D eigenvalue weighted by molar-refractivity contribution is 5.83. The third-order valence-electron chi connectivity index (χ3n) is 1.76. The number of esters is 1. The molecule has 1 rings (SSSR count). The monoisotopic (exact) mass is 208 g/mol. The van der Waals surface area contributed by atoms with Crippen LogP contribution in [-0.2, 0) is 9.53 Å². The van der Waals surface area contributed by atoms with Crippen molar-refractivity contribution in [2.45, 2.75) is 13.0 Å². The normalized spacial score (nSPS) is 11.5. The summed E-state index contributed by atoms with van der Waals surface area (Å²) in [5.41, 5.74) is 0.644. The maximum Gasteiger partial charge on any atom is 0.337 e. The summed E-state index contributed by atoms with van der Waals surface area (Å²) in [4.78, 5) is 11.0. The number of hydrogen-bond acceptors (Lipinski definition) is 4. The Labute approximate surface area is 87.8 Å². The Morgan fingerprint density at radius 2 is 2.33 bits per heavy atom. The lowest BCUT2D eigenvalue weighted by Crippen LogP contribution is -2.05. The maximum absolute atomic E-state index is 11.0. The van der Waals surface area contributed by atoms with Gasteiger partial charge in [0.1, 0.15) is 6.10 Å². The molecule has 1 heterocycles. The third-order valence-corrected chi connectivity index (χ3v) is 1.76. The molecule has 0 fully saturated rings. The molecule has 0 aliphatic heterocycles. The predicted octanol–water partition coefficient (Wildman–Crippen LogP) is 2.59. The van der Waals surface area contributed by atoms with Crippen LogP contribution < -0.4 is 4.74 Å². The molecule has 0 N–H and O–H groups in total. The number of furan rings is 1. The Morgan fingerprint density at radius 3 is 2.93 bits per heavy atom. The van der Waals surface area contributed by atoms with E-state index in [0.717, 1.165) is 6.08 Å². The van der Waals surface area contributed by atoms with E-state index in [9.17, 15) is 4.79 Å². The Bertz CT molecular complexity index is 364. The van der Waals surface area contributed by atoms with Crippen LogP contribution in [0.15, 0.2) is 42.2 Å². The lowest BCUT2D eigenvalue weighted by atomic mass is 10.2. The standard InChI is InChI=1S/C11H12O4/c1-4-10(12)15-11-9(6-7-14-11)8(3)13-5-2/h4-8H,1-2H2,3H3. The molecule has 4 heteroatoms. The van der Waals surface area contributed by atoms with Gasteiger partial charge in [-0.25, -0.2) is 4.79 Å². The minimum Gasteiger partial charge on any atom is -0.494 e. The van der Waals surface area contributed by atoms with E-state index in [4.69, 9.17) is 13.9 Å². The molecular formula is C11H12O4. The number of rotatable bonds is 5. The lowest BCUT2D eigenvalue weighted by molar-refractivity contribution is -0.130. The largest absolute Gasteiger partial charge is 0.494 e. The van der Waals surface area contributed by atoms with Crippen LogP contribution in [0.25, 0.3) is 0 Å². The third kappa shape index (κ3) is 2.74. The Hall–Kier alpha value is -1.97. The van der Waals surface area contributed by atoms with Crippen molar-refractivity contribution in [3.63, 3.8) is 0 Å². The van der Waals surface area contributed by atoms with Crippen LogP contribution >= 0.6 is 0 Å². The molecule has 0 radical (unpaired) electrons. The van der Waals surface area contributed by atoms with E-state index < -0.39 is 5.97 Å². The molecule has 1 unspecified atom stereocenters. The highest BCUT2D eigenvalue weighted by Gasteiger charge is 2.17. The number of hydrogen-bond donors (Lipinski definition) is 0. The van der Waals surface area contributed by atoms with Gasteiger partial charge in [-0.2, -0.15) is 0 Å². The Morgan fingerprint density at radius 1 is 1.60 bits per heavy atom. The summed E-state index contributed by atoms with van der Waals surface area (Å²) in [5.74, 6) is -0.453. The highest BCUT2D eigenvalue weighted by Crippen LogP contribution is 2.28. The van der Waals surface area contributed by atoms with Gasteiger partial charge in [-0.1, -0.05) is 13.2 Å². The minimum absolute atomic E-state index is 0.120. The first kappa shape index (κ1) is 11.1. The second-order valence-corrected chi connectivity index (χ2v) is 2.73. The summed E-state index contributed by atoms with van der Waals surface area (Å²) in [6.45, 7) is 8.52. The first-order chi connectivity index (χ1) is 7.19. The molecule has 0 saturated carbocycles. The molecule has 1 aromatic rings. The van der Waals surface area contributed by atoms with Crippen LogP contribution in [0.4, 0.5) is 0 Å². The van der Waals surface area contributed by atoms with Crippen molar-refractivity contribution in [2.24, 2.45) is 0 Å². The van der Waals surface area contributed by atoms with E-state index in [2.05, 4.69) is 13.2 Å². The molecule has 15 heavy (non-hydrogen) atoms. The topological polar surface area (TPSA) is 48.7 Å². The fourth-order valence-electron chi connectivity index (χ4n) is 1.04. The van der Waals surface area contributed by atoms with Gasteiger partial charge < -0.3 is 13.9 Å². The van der Waals surface area contributed by atoms with Crippen molar-refractivity contribution < 1.29 is 18.7 Å². The second-order valence-electron chi connectivity index (χ2n) is 2.73. The van der Waals surface area contributed by atoms with Crippen molar-refractivity contribution >= 4 is 5.97 Å². The molecule has 0 aliphatic carbocycles. The van der Waals surface area contributed by atoms with E-state index in [1.165, 1.54) is 12.5 Å². The second kappa shape index (κ2) is 5.05. The molecule has 0 aliphatic rings. The highest BCUT2D eigenvalue weighted by atomic mass is 16.6. The smallest absolute Gasteiger partial charge is 0.337 e. The molecule has 4 nitrogen and oxygen atoms in total. The zero-order valence-electron chi connectivity index (χ0n) is 8.43. The quantitative estimate of drug-likeness (QED) is 0.424. The van der Waals surface area contributed by atoms with E-state index in [-0.39, 0.29) is 12.1 Å². The fourth-order valence-corrected chi connectivity index (χ4v) is 1.04. The molecule has 1 atom stereocenters. The molecule has 1 aromatic heterocycles. The van der Waals surface area contributed by atoms with Crippen molar-refractivity contribution in [3.8, 4) is 5.95 Å². The molecule has 0 aromatic carbocycles. The summed E-state index contributed by atoms with van der Waals surface area (Å²) >= 11 is 0. The first-order valence-electron chi connectivity index (χ1n) is 4.37. The van der Waals surface area contributed by atoms with Gasteiger partial charge in [0, 0.05) is 6.08 Å². The van der Waals surface area contributed by atoms with E-state index in [1.54, 1.807) is 13.0 Å². The predicted molar refractivity (Wildman–Crippen MR) is 54.2 cm³/mol. The molecule has 0 spiro atoms.